The molecule has 2 heterocycles. The van der Waals surface area contributed by atoms with E-state index in [9.17, 15) is 9.59 Å². The maximum atomic E-state index is 13.1. The Morgan fingerprint density at radius 1 is 1.23 bits per heavy atom. The fraction of sp³-hybridized carbons (Fsp3) is 0.190. The van der Waals surface area contributed by atoms with Crippen molar-refractivity contribution in [3.05, 3.63) is 46.9 Å². The largest absolute Gasteiger partial charge is 0.493 e. The number of esters is 1. The van der Waals surface area contributed by atoms with E-state index in [0.717, 1.165) is 11.8 Å². The molecule has 0 spiro atoms. The van der Waals surface area contributed by atoms with Crippen molar-refractivity contribution in [3.8, 4) is 23.0 Å². The molecule has 2 aromatic carbocycles. The van der Waals surface area contributed by atoms with Crippen molar-refractivity contribution in [2.45, 2.75) is 0 Å². The monoisotopic (exact) mass is 459 g/mol. The van der Waals surface area contributed by atoms with Crippen LogP contribution in [0, 0.1) is 0 Å². The first-order chi connectivity index (χ1) is 15.0. The van der Waals surface area contributed by atoms with Gasteiger partial charge in [0.1, 0.15) is 0 Å². The molecule has 0 aromatic heterocycles. The molecule has 1 saturated heterocycles. The molecular formula is C21H17NO7S2. The van der Waals surface area contributed by atoms with Crippen LogP contribution in [0.15, 0.2) is 41.3 Å². The number of carbonyl (C=O) groups excluding carboxylic acids is 2. The minimum atomic E-state index is -0.536. The molecule has 31 heavy (non-hydrogen) atoms. The van der Waals surface area contributed by atoms with Gasteiger partial charge >= 0.3 is 5.97 Å². The van der Waals surface area contributed by atoms with E-state index in [1.165, 1.54) is 19.1 Å². The summed E-state index contributed by atoms with van der Waals surface area (Å²) in [5.74, 6) is 1.10. The van der Waals surface area contributed by atoms with Crippen LogP contribution in [0.4, 0.5) is 5.69 Å². The maximum Gasteiger partial charge on any atom is 0.343 e. The van der Waals surface area contributed by atoms with E-state index in [1.54, 1.807) is 42.5 Å². The highest BCUT2D eigenvalue weighted by Gasteiger charge is 2.34. The van der Waals surface area contributed by atoms with Crippen molar-refractivity contribution in [2.24, 2.45) is 0 Å². The Kier molecular flexibility index (Phi) is 6.01. The van der Waals surface area contributed by atoms with Crippen molar-refractivity contribution in [1.29, 1.82) is 0 Å². The predicted octanol–water partition coefficient (Wildman–Crippen LogP) is 3.38. The first kappa shape index (κ1) is 21.0. The molecular weight excluding hydrogens is 442 g/mol. The van der Waals surface area contributed by atoms with Gasteiger partial charge in [-0.05, 0) is 24.3 Å². The first-order valence-electron chi connectivity index (χ1n) is 9.06. The second kappa shape index (κ2) is 8.86. The molecule has 0 radical (unpaired) electrons. The molecule has 160 valence electrons. The van der Waals surface area contributed by atoms with Crippen LogP contribution < -0.4 is 23.8 Å². The van der Waals surface area contributed by atoms with Gasteiger partial charge in [-0.3, -0.25) is 9.69 Å². The summed E-state index contributed by atoms with van der Waals surface area (Å²) < 4.78 is 26.7. The van der Waals surface area contributed by atoms with Gasteiger partial charge in [0.25, 0.3) is 5.91 Å². The molecule has 0 saturated carbocycles. The summed E-state index contributed by atoms with van der Waals surface area (Å²) in [4.78, 5) is 26.5. The summed E-state index contributed by atoms with van der Waals surface area (Å²) in [5, 5.41) is 0. The number of anilines is 1. The molecule has 1 amide bonds. The van der Waals surface area contributed by atoms with Gasteiger partial charge in [-0.2, -0.15) is 0 Å². The minimum Gasteiger partial charge on any atom is -0.493 e. The quantitative estimate of drug-likeness (QED) is 0.367. The van der Waals surface area contributed by atoms with E-state index in [0.29, 0.717) is 43.5 Å². The van der Waals surface area contributed by atoms with Gasteiger partial charge in [0.05, 0.1) is 24.8 Å². The van der Waals surface area contributed by atoms with Gasteiger partial charge in [0.15, 0.2) is 33.9 Å². The van der Waals surface area contributed by atoms with Crippen LogP contribution in [-0.4, -0.2) is 43.8 Å². The zero-order valence-corrected chi connectivity index (χ0v) is 18.2. The molecule has 0 unspecified atom stereocenters. The number of hydrogen-bond donors (Lipinski definition) is 0. The number of fused-ring (bicyclic) bond motifs is 1. The average Bonchev–Trinajstić information content (AvgIpc) is 3.35. The van der Waals surface area contributed by atoms with Crippen LogP contribution in [0.5, 0.6) is 23.0 Å². The standard InChI is InChI=1S/C21H17NO7S2/c1-25-15-5-3-4-12(19(15)27-10-18(23)26-2)8-17-20(24)22(21(30)31-17)13-6-7-14-16(9-13)29-11-28-14/h3-9H,10-11H2,1-2H3/b17-8+. The number of carbonyl (C=O) groups is 2. The molecule has 8 nitrogen and oxygen atoms in total. The predicted molar refractivity (Wildman–Crippen MR) is 119 cm³/mol. The summed E-state index contributed by atoms with van der Waals surface area (Å²) in [6.07, 6.45) is 1.65. The van der Waals surface area contributed by atoms with Crippen LogP contribution in [0.3, 0.4) is 0 Å². The van der Waals surface area contributed by atoms with Crippen LogP contribution in [0.2, 0.25) is 0 Å². The summed E-state index contributed by atoms with van der Waals surface area (Å²) >= 11 is 6.61. The molecule has 0 N–H and O–H groups in total. The number of nitrogens with zero attached hydrogens (tertiary/aromatic N) is 1. The van der Waals surface area contributed by atoms with Gasteiger partial charge in [-0.15, -0.1) is 0 Å². The van der Waals surface area contributed by atoms with E-state index in [-0.39, 0.29) is 19.3 Å². The number of methoxy groups -OCH3 is 2. The van der Waals surface area contributed by atoms with Crippen LogP contribution >= 0.6 is 24.0 Å². The third-order valence-electron chi connectivity index (χ3n) is 4.49. The van der Waals surface area contributed by atoms with Crippen LogP contribution in [-0.2, 0) is 14.3 Å². The van der Waals surface area contributed by atoms with Gasteiger partial charge < -0.3 is 23.7 Å². The highest BCUT2D eigenvalue weighted by Crippen LogP contribution is 2.42. The fourth-order valence-corrected chi connectivity index (χ4v) is 4.30. The minimum absolute atomic E-state index is 0.140. The molecule has 1 fully saturated rings. The zero-order valence-electron chi connectivity index (χ0n) is 16.6. The van der Waals surface area contributed by atoms with Crippen molar-refractivity contribution >= 4 is 51.9 Å². The van der Waals surface area contributed by atoms with E-state index in [4.69, 9.17) is 31.2 Å². The van der Waals surface area contributed by atoms with Crippen molar-refractivity contribution in [2.75, 3.05) is 32.5 Å². The van der Waals surface area contributed by atoms with E-state index in [1.807, 2.05) is 0 Å². The van der Waals surface area contributed by atoms with Crippen molar-refractivity contribution in [3.63, 3.8) is 0 Å². The number of para-hydroxylation sites is 1. The normalized spacial score (nSPS) is 16.1. The lowest BCUT2D eigenvalue weighted by Crippen LogP contribution is -2.27. The molecule has 2 aliphatic rings. The molecule has 0 atom stereocenters. The Labute approximate surface area is 187 Å². The van der Waals surface area contributed by atoms with E-state index >= 15 is 0 Å². The number of benzene rings is 2. The number of thiocarbonyl (C=S) groups is 1. The Hall–Kier alpha value is -3.24. The Morgan fingerprint density at radius 2 is 2.03 bits per heavy atom. The lowest BCUT2D eigenvalue weighted by molar-refractivity contribution is -0.142. The molecule has 0 bridgehead atoms. The zero-order chi connectivity index (χ0) is 22.0. The Balaban J connectivity index is 1.64. The van der Waals surface area contributed by atoms with Crippen LogP contribution in [0.25, 0.3) is 6.08 Å². The molecule has 0 aliphatic carbocycles. The third-order valence-corrected chi connectivity index (χ3v) is 5.79. The lowest BCUT2D eigenvalue weighted by atomic mass is 10.1. The molecule has 4 rings (SSSR count). The Morgan fingerprint density at radius 3 is 2.81 bits per heavy atom. The third kappa shape index (κ3) is 4.17. The molecule has 2 aromatic rings. The number of ether oxygens (including phenoxy) is 5. The second-order valence-corrected chi connectivity index (χ2v) is 7.97. The number of hydrogen-bond acceptors (Lipinski definition) is 9. The first-order valence-corrected chi connectivity index (χ1v) is 10.3. The van der Waals surface area contributed by atoms with Crippen molar-refractivity contribution < 1.29 is 33.3 Å². The van der Waals surface area contributed by atoms with Gasteiger partial charge in [-0.1, -0.05) is 36.1 Å². The molecule has 10 heteroatoms. The highest BCUT2D eigenvalue weighted by molar-refractivity contribution is 8.27. The smallest absolute Gasteiger partial charge is 0.343 e. The second-order valence-electron chi connectivity index (χ2n) is 6.30. The van der Waals surface area contributed by atoms with Crippen molar-refractivity contribution in [1.82, 2.24) is 0 Å². The lowest BCUT2D eigenvalue weighted by Gasteiger charge is -2.15. The SMILES string of the molecule is COC(=O)COc1c(/C=C2/SC(=S)N(c3ccc4c(c3)OCO4)C2=O)cccc1OC. The fourth-order valence-electron chi connectivity index (χ4n) is 3.01. The highest BCUT2D eigenvalue weighted by atomic mass is 32.2. The van der Waals surface area contributed by atoms with Gasteiger partial charge in [-0.25, -0.2) is 4.79 Å². The summed E-state index contributed by atoms with van der Waals surface area (Å²) in [7, 11) is 2.76. The molecule has 2 aliphatic heterocycles. The summed E-state index contributed by atoms with van der Waals surface area (Å²) in [6.45, 7) is -0.156. The topological polar surface area (TPSA) is 83.5 Å². The average molecular weight is 460 g/mol. The van der Waals surface area contributed by atoms with Gasteiger partial charge in [0.2, 0.25) is 6.79 Å². The number of thioether (sulfide) groups is 1. The number of amides is 1. The Bertz CT molecular complexity index is 1100. The number of rotatable bonds is 6. The van der Waals surface area contributed by atoms with E-state index in [2.05, 4.69) is 4.74 Å². The maximum absolute atomic E-state index is 13.1. The summed E-state index contributed by atoms with van der Waals surface area (Å²) in [6, 6.07) is 10.4. The van der Waals surface area contributed by atoms with Crippen LogP contribution in [0.1, 0.15) is 5.56 Å². The van der Waals surface area contributed by atoms with Gasteiger partial charge in [0, 0.05) is 11.6 Å². The van der Waals surface area contributed by atoms with E-state index < -0.39 is 5.97 Å². The summed E-state index contributed by atoms with van der Waals surface area (Å²) in [5.41, 5.74) is 1.15.